The van der Waals surface area contributed by atoms with E-state index in [1.165, 1.54) is 13.2 Å². The number of rotatable bonds is 10. The van der Waals surface area contributed by atoms with E-state index in [0.717, 1.165) is 51.1 Å². The molecule has 1 unspecified atom stereocenters. The number of aliphatic imine (C=N–C) groups is 1. The van der Waals surface area contributed by atoms with E-state index in [0.29, 0.717) is 17.2 Å². The number of alkyl halides is 3. The number of nitrogens with zero attached hydrogens (tertiary/aromatic N) is 1. The van der Waals surface area contributed by atoms with Crippen LogP contribution in [0.1, 0.15) is 63.5 Å². The molecule has 172 valence electrons. The molecule has 0 aliphatic carbocycles. The molecule has 1 aromatic rings. The number of hydrogen-bond donors (Lipinski definition) is 1. The summed E-state index contributed by atoms with van der Waals surface area (Å²) >= 11 is 0. The van der Waals surface area contributed by atoms with Crippen LogP contribution in [0.3, 0.4) is 0 Å². The first-order chi connectivity index (χ1) is 14.9. The SMILES string of the molecule is C/C=C(\N=C(OC)C1CCCN1)c1ccc(OC/C=C/CCCCC)c(C(F)(F)F)c1. The van der Waals surface area contributed by atoms with E-state index < -0.39 is 11.7 Å². The summed E-state index contributed by atoms with van der Waals surface area (Å²) in [6.45, 7) is 4.84. The van der Waals surface area contributed by atoms with Gasteiger partial charge in [0.05, 0.1) is 24.4 Å². The topological polar surface area (TPSA) is 42.8 Å². The maximum absolute atomic E-state index is 13.7. The third-order valence-electron chi connectivity index (χ3n) is 5.13. The summed E-state index contributed by atoms with van der Waals surface area (Å²) in [6.07, 6.45) is 7.02. The number of allylic oxidation sites excluding steroid dienone is 2. The molecule has 31 heavy (non-hydrogen) atoms. The van der Waals surface area contributed by atoms with Gasteiger partial charge in [0.1, 0.15) is 12.4 Å². The molecule has 2 rings (SSSR count). The molecule has 1 aliphatic rings. The summed E-state index contributed by atoms with van der Waals surface area (Å²) in [4.78, 5) is 4.50. The molecule has 4 nitrogen and oxygen atoms in total. The highest BCUT2D eigenvalue weighted by atomic mass is 19.4. The molecular formula is C24H33F3N2O2. The average molecular weight is 439 g/mol. The smallest absolute Gasteiger partial charge is 0.419 e. The number of benzene rings is 1. The Kier molecular flexibility index (Phi) is 10.1. The van der Waals surface area contributed by atoms with Crippen molar-refractivity contribution in [1.82, 2.24) is 5.32 Å². The Morgan fingerprint density at radius 3 is 2.68 bits per heavy atom. The van der Waals surface area contributed by atoms with E-state index in [-0.39, 0.29) is 18.4 Å². The zero-order valence-corrected chi connectivity index (χ0v) is 18.6. The van der Waals surface area contributed by atoms with Crippen LogP contribution in [0.5, 0.6) is 5.75 Å². The summed E-state index contributed by atoms with van der Waals surface area (Å²) < 4.78 is 51.9. The van der Waals surface area contributed by atoms with Gasteiger partial charge in [0.2, 0.25) is 5.90 Å². The lowest BCUT2D eigenvalue weighted by Crippen LogP contribution is -2.32. The van der Waals surface area contributed by atoms with Gasteiger partial charge in [0.15, 0.2) is 0 Å². The van der Waals surface area contributed by atoms with Gasteiger partial charge in [-0.1, -0.05) is 38.0 Å². The van der Waals surface area contributed by atoms with Crippen LogP contribution in [0, 0.1) is 0 Å². The summed E-state index contributed by atoms with van der Waals surface area (Å²) in [5, 5.41) is 3.29. The standard InChI is InChI=1S/C24H33F3N2O2/c1-4-6-7-8-9-10-16-31-22-14-13-18(17-19(22)24(25,26)27)20(5-2)29-23(30-3)21-12-11-15-28-21/h5,9-10,13-14,17,21,28H,4,6-8,11-12,15-16H2,1-3H3/b10-9+,20-5-,29-23?. The maximum atomic E-state index is 13.7. The van der Waals surface area contributed by atoms with Crippen molar-refractivity contribution in [3.63, 3.8) is 0 Å². The van der Waals surface area contributed by atoms with E-state index in [2.05, 4.69) is 17.2 Å². The Morgan fingerprint density at radius 2 is 2.06 bits per heavy atom. The van der Waals surface area contributed by atoms with Crippen molar-refractivity contribution >= 4 is 11.6 Å². The van der Waals surface area contributed by atoms with Crippen LogP contribution in [0.25, 0.3) is 5.70 Å². The zero-order chi connectivity index (χ0) is 22.7. The lowest BCUT2D eigenvalue weighted by Gasteiger charge is -2.16. The molecule has 0 saturated carbocycles. The molecule has 0 bridgehead atoms. The van der Waals surface area contributed by atoms with Gasteiger partial charge in [0, 0.05) is 5.56 Å². The number of hydrogen-bond acceptors (Lipinski definition) is 4. The van der Waals surface area contributed by atoms with Gasteiger partial charge >= 0.3 is 6.18 Å². The first-order valence-corrected chi connectivity index (χ1v) is 10.9. The van der Waals surface area contributed by atoms with E-state index in [1.54, 1.807) is 25.1 Å². The fourth-order valence-corrected chi connectivity index (χ4v) is 3.45. The fourth-order valence-electron chi connectivity index (χ4n) is 3.45. The maximum Gasteiger partial charge on any atom is 0.419 e. The Bertz CT molecular complexity index is 780. The third kappa shape index (κ3) is 7.73. The summed E-state index contributed by atoms with van der Waals surface area (Å²) in [5.74, 6) is 0.297. The zero-order valence-electron chi connectivity index (χ0n) is 18.6. The van der Waals surface area contributed by atoms with Crippen LogP contribution in [0.4, 0.5) is 13.2 Å². The minimum Gasteiger partial charge on any atom is -0.489 e. The second-order valence-corrected chi connectivity index (χ2v) is 7.46. The van der Waals surface area contributed by atoms with Gasteiger partial charge in [-0.15, -0.1) is 0 Å². The van der Waals surface area contributed by atoms with Gasteiger partial charge in [-0.3, -0.25) is 0 Å². The van der Waals surface area contributed by atoms with Crippen LogP contribution in [-0.2, 0) is 10.9 Å². The highest BCUT2D eigenvalue weighted by Crippen LogP contribution is 2.38. The van der Waals surface area contributed by atoms with Crippen LogP contribution < -0.4 is 10.1 Å². The first kappa shape index (κ1) is 25.0. The summed E-state index contributed by atoms with van der Waals surface area (Å²) in [5.41, 5.74) is -0.0138. The lowest BCUT2D eigenvalue weighted by molar-refractivity contribution is -0.138. The van der Waals surface area contributed by atoms with Gasteiger partial charge < -0.3 is 14.8 Å². The van der Waals surface area contributed by atoms with Crippen molar-refractivity contribution in [2.45, 2.75) is 64.6 Å². The van der Waals surface area contributed by atoms with Crippen molar-refractivity contribution in [3.8, 4) is 5.75 Å². The molecule has 1 aromatic carbocycles. The summed E-state index contributed by atoms with van der Waals surface area (Å²) in [6, 6.07) is 4.04. The van der Waals surface area contributed by atoms with Gasteiger partial charge in [-0.05, 0) is 57.4 Å². The molecule has 0 radical (unpaired) electrons. The fraction of sp³-hybridized carbons (Fsp3) is 0.542. The third-order valence-corrected chi connectivity index (χ3v) is 5.13. The predicted molar refractivity (Wildman–Crippen MR) is 119 cm³/mol. The minimum absolute atomic E-state index is 0.0197. The highest BCUT2D eigenvalue weighted by molar-refractivity contribution is 5.88. The molecule has 0 spiro atoms. The Balaban J connectivity index is 2.19. The second kappa shape index (κ2) is 12.5. The van der Waals surface area contributed by atoms with Crippen molar-refractivity contribution in [1.29, 1.82) is 0 Å². The van der Waals surface area contributed by atoms with E-state index >= 15 is 0 Å². The monoisotopic (exact) mass is 438 g/mol. The van der Waals surface area contributed by atoms with Crippen LogP contribution >= 0.6 is 0 Å². The number of unbranched alkanes of at least 4 members (excludes halogenated alkanes) is 3. The van der Waals surface area contributed by atoms with Gasteiger partial charge in [-0.2, -0.15) is 13.2 Å². The second-order valence-electron chi connectivity index (χ2n) is 7.46. The van der Waals surface area contributed by atoms with Gasteiger partial charge in [0.25, 0.3) is 0 Å². The normalized spacial score (nSPS) is 18.1. The molecule has 1 saturated heterocycles. The van der Waals surface area contributed by atoms with Crippen molar-refractivity contribution in [2.75, 3.05) is 20.3 Å². The number of ether oxygens (including phenoxy) is 2. The molecule has 1 heterocycles. The molecular weight excluding hydrogens is 405 g/mol. The molecule has 1 N–H and O–H groups in total. The predicted octanol–water partition coefficient (Wildman–Crippen LogP) is 6.38. The van der Waals surface area contributed by atoms with E-state index in [1.807, 2.05) is 6.08 Å². The first-order valence-electron chi connectivity index (χ1n) is 10.9. The Hall–Kier alpha value is -2.28. The molecule has 1 atom stereocenters. The van der Waals surface area contributed by atoms with Crippen molar-refractivity contribution in [2.24, 2.45) is 4.99 Å². The molecule has 1 fully saturated rings. The van der Waals surface area contributed by atoms with Crippen LogP contribution in [-0.4, -0.2) is 32.2 Å². The van der Waals surface area contributed by atoms with E-state index in [4.69, 9.17) is 9.47 Å². The molecule has 1 aliphatic heterocycles. The minimum atomic E-state index is -4.53. The number of methoxy groups -OCH3 is 1. The van der Waals surface area contributed by atoms with Crippen molar-refractivity contribution in [3.05, 3.63) is 47.6 Å². The van der Waals surface area contributed by atoms with E-state index in [9.17, 15) is 13.2 Å². The van der Waals surface area contributed by atoms with Crippen molar-refractivity contribution < 1.29 is 22.6 Å². The molecule has 7 heteroatoms. The summed E-state index contributed by atoms with van der Waals surface area (Å²) in [7, 11) is 1.53. The average Bonchev–Trinajstić information content (AvgIpc) is 3.28. The Labute approximate surface area is 183 Å². The lowest BCUT2D eigenvalue weighted by atomic mass is 10.1. The molecule has 0 amide bonds. The van der Waals surface area contributed by atoms with Crippen LogP contribution in [0.15, 0.2) is 41.4 Å². The Morgan fingerprint density at radius 1 is 1.26 bits per heavy atom. The highest BCUT2D eigenvalue weighted by Gasteiger charge is 2.35. The van der Waals surface area contributed by atoms with Gasteiger partial charge in [-0.25, -0.2) is 4.99 Å². The quantitative estimate of drug-likeness (QED) is 0.200. The van der Waals surface area contributed by atoms with Crippen LogP contribution in [0.2, 0.25) is 0 Å². The largest absolute Gasteiger partial charge is 0.489 e. The number of nitrogens with one attached hydrogen (secondary N) is 1. The molecule has 0 aromatic heterocycles. The number of halogens is 3.